The molecule has 6 nitrogen and oxygen atoms in total. The van der Waals surface area contributed by atoms with Gasteiger partial charge in [-0.2, -0.15) is 4.31 Å². The first-order valence-electron chi connectivity index (χ1n) is 9.38. The molecular formula is C19H24FN3O3S2. The van der Waals surface area contributed by atoms with E-state index in [-0.39, 0.29) is 17.5 Å². The Balaban J connectivity index is 1.69. The van der Waals surface area contributed by atoms with Gasteiger partial charge in [-0.05, 0) is 30.5 Å². The molecule has 1 fully saturated rings. The lowest BCUT2D eigenvalue weighted by Gasteiger charge is -2.25. The number of benzene rings is 1. The number of hydrogen-bond acceptors (Lipinski definition) is 5. The van der Waals surface area contributed by atoms with Crippen molar-refractivity contribution >= 4 is 32.4 Å². The van der Waals surface area contributed by atoms with E-state index in [0.717, 1.165) is 23.3 Å². The van der Waals surface area contributed by atoms with E-state index in [1.54, 1.807) is 12.3 Å². The van der Waals surface area contributed by atoms with Crippen LogP contribution in [0.1, 0.15) is 43.0 Å². The molecule has 2 aromatic rings. The number of unbranched alkanes of at least 4 members (excludes halogenated alkanes) is 1. The molecule has 1 amide bonds. The average molecular weight is 426 g/mol. The van der Waals surface area contributed by atoms with Crippen molar-refractivity contribution in [3.05, 3.63) is 46.7 Å². The van der Waals surface area contributed by atoms with Crippen LogP contribution in [0, 0.1) is 5.82 Å². The third kappa shape index (κ3) is 5.15. The Kier molecular flexibility index (Phi) is 6.79. The Morgan fingerprint density at radius 3 is 2.93 bits per heavy atom. The first kappa shape index (κ1) is 20.9. The molecule has 2 heterocycles. The lowest BCUT2D eigenvalue weighted by Crippen LogP contribution is -2.44. The number of rotatable bonds is 8. The maximum Gasteiger partial charge on any atom is 0.244 e. The minimum absolute atomic E-state index is 0.0952. The van der Waals surface area contributed by atoms with Crippen LogP contribution in [-0.4, -0.2) is 42.0 Å². The molecule has 1 N–H and O–H groups in total. The van der Waals surface area contributed by atoms with Crippen molar-refractivity contribution in [2.24, 2.45) is 0 Å². The number of aromatic nitrogens is 1. The molecule has 0 spiro atoms. The Morgan fingerprint density at radius 1 is 1.43 bits per heavy atom. The minimum Gasteiger partial charge on any atom is -0.301 e. The summed E-state index contributed by atoms with van der Waals surface area (Å²) in [6.07, 6.45) is 4.86. The Hall–Kier alpha value is -1.84. The maximum absolute atomic E-state index is 13.3. The van der Waals surface area contributed by atoms with E-state index in [2.05, 4.69) is 10.3 Å². The summed E-state index contributed by atoms with van der Waals surface area (Å²) in [6, 6.07) is 5.65. The molecule has 0 bridgehead atoms. The van der Waals surface area contributed by atoms with Crippen LogP contribution in [-0.2, 0) is 21.2 Å². The van der Waals surface area contributed by atoms with Crippen LogP contribution < -0.4 is 5.32 Å². The van der Waals surface area contributed by atoms with Crippen molar-refractivity contribution in [3.8, 4) is 0 Å². The third-order valence-electron chi connectivity index (χ3n) is 4.67. The molecule has 9 heteroatoms. The van der Waals surface area contributed by atoms with E-state index in [4.69, 9.17) is 0 Å². The smallest absolute Gasteiger partial charge is 0.244 e. The van der Waals surface area contributed by atoms with Crippen molar-refractivity contribution in [2.45, 2.75) is 45.1 Å². The number of thiazole rings is 1. The summed E-state index contributed by atoms with van der Waals surface area (Å²) < 4.78 is 39.2. The topological polar surface area (TPSA) is 79.4 Å². The molecule has 1 aromatic carbocycles. The highest BCUT2D eigenvalue weighted by molar-refractivity contribution is 7.89. The number of amides is 1. The SMILES string of the molecule is CCCC[C@H](C(=O)Nc1ncc(Cc2cccc(F)c2)s1)N1CCCS1(=O)=O. The van der Waals surface area contributed by atoms with E-state index in [1.165, 1.54) is 27.8 Å². The van der Waals surface area contributed by atoms with E-state index >= 15 is 0 Å². The van der Waals surface area contributed by atoms with Gasteiger partial charge < -0.3 is 5.32 Å². The van der Waals surface area contributed by atoms with Gasteiger partial charge in [0.25, 0.3) is 0 Å². The summed E-state index contributed by atoms with van der Waals surface area (Å²) in [5.74, 6) is -0.537. The quantitative estimate of drug-likeness (QED) is 0.703. The monoisotopic (exact) mass is 425 g/mol. The number of carbonyl (C=O) groups is 1. The first-order chi connectivity index (χ1) is 13.4. The van der Waals surface area contributed by atoms with Gasteiger partial charge >= 0.3 is 0 Å². The number of nitrogens with zero attached hydrogens (tertiary/aromatic N) is 2. The molecule has 1 aliphatic rings. The van der Waals surface area contributed by atoms with E-state index in [0.29, 0.717) is 30.9 Å². The molecule has 1 atom stereocenters. The van der Waals surface area contributed by atoms with Gasteiger partial charge in [0.1, 0.15) is 11.9 Å². The number of carbonyl (C=O) groups excluding carboxylic acids is 1. The zero-order valence-corrected chi connectivity index (χ0v) is 17.4. The largest absolute Gasteiger partial charge is 0.301 e. The predicted molar refractivity (Wildman–Crippen MR) is 108 cm³/mol. The number of anilines is 1. The Bertz CT molecular complexity index is 930. The fourth-order valence-corrected chi connectivity index (χ4v) is 5.87. The lowest BCUT2D eigenvalue weighted by molar-refractivity contribution is -0.119. The molecule has 152 valence electrons. The van der Waals surface area contributed by atoms with Gasteiger partial charge in [0.15, 0.2) is 5.13 Å². The molecule has 28 heavy (non-hydrogen) atoms. The predicted octanol–water partition coefficient (Wildman–Crippen LogP) is 3.41. The van der Waals surface area contributed by atoms with Crippen LogP contribution in [0.25, 0.3) is 0 Å². The van der Waals surface area contributed by atoms with Gasteiger partial charge in [-0.25, -0.2) is 17.8 Å². The minimum atomic E-state index is -3.37. The van der Waals surface area contributed by atoms with E-state index in [1.807, 2.05) is 13.0 Å². The van der Waals surface area contributed by atoms with Gasteiger partial charge in [-0.1, -0.05) is 31.9 Å². The highest BCUT2D eigenvalue weighted by Crippen LogP contribution is 2.25. The third-order valence-corrected chi connectivity index (χ3v) is 7.54. The second kappa shape index (κ2) is 9.11. The van der Waals surface area contributed by atoms with Gasteiger partial charge in [0.05, 0.1) is 5.75 Å². The van der Waals surface area contributed by atoms with Crippen molar-refractivity contribution in [1.82, 2.24) is 9.29 Å². The first-order valence-corrected chi connectivity index (χ1v) is 11.8. The van der Waals surface area contributed by atoms with Crippen LogP contribution in [0.2, 0.25) is 0 Å². The summed E-state index contributed by atoms with van der Waals surface area (Å²) in [5, 5.41) is 3.20. The zero-order valence-electron chi connectivity index (χ0n) is 15.7. The van der Waals surface area contributed by atoms with Crippen LogP contribution in [0.5, 0.6) is 0 Å². The molecule has 0 aliphatic carbocycles. The number of nitrogens with one attached hydrogen (secondary N) is 1. The van der Waals surface area contributed by atoms with Gasteiger partial charge in [0.2, 0.25) is 15.9 Å². The highest BCUT2D eigenvalue weighted by atomic mass is 32.2. The molecule has 0 saturated carbocycles. The van der Waals surface area contributed by atoms with E-state index in [9.17, 15) is 17.6 Å². The molecule has 0 unspecified atom stereocenters. The molecule has 1 aliphatic heterocycles. The lowest BCUT2D eigenvalue weighted by atomic mass is 10.1. The van der Waals surface area contributed by atoms with Gasteiger partial charge in [-0.15, -0.1) is 11.3 Å². The van der Waals surface area contributed by atoms with E-state index < -0.39 is 16.1 Å². The fourth-order valence-electron chi connectivity index (χ4n) is 3.30. The van der Waals surface area contributed by atoms with Gasteiger partial charge in [0, 0.05) is 24.0 Å². The standard InChI is InChI=1S/C19H24FN3O3S2/c1-2-3-8-17(23-9-5-10-28(23,25)26)18(24)22-19-21-13-16(27-19)12-14-6-4-7-15(20)11-14/h4,6-7,11,13,17H,2-3,5,8-10,12H2,1H3,(H,21,22,24)/t17-/m1/s1. The fraction of sp³-hybridized carbons (Fsp3) is 0.474. The van der Waals surface area contributed by atoms with Crippen molar-refractivity contribution in [2.75, 3.05) is 17.6 Å². The molecular weight excluding hydrogens is 401 g/mol. The van der Waals surface area contributed by atoms with Gasteiger partial charge in [-0.3, -0.25) is 4.79 Å². The molecule has 1 saturated heterocycles. The van der Waals surface area contributed by atoms with Crippen molar-refractivity contribution in [3.63, 3.8) is 0 Å². The summed E-state index contributed by atoms with van der Waals surface area (Å²) in [7, 11) is -3.37. The summed E-state index contributed by atoms with van der Waals surface area (Å²) >= 11 is 1.31. The second-order valence-electron chi connectivity index (χ2n) is 6.87. The molecule has 3 rings (SSSR count). The van der Waals surface area contributed by atoms with Crippen LogP contribution >= 0.6 is 11.3 Å². The second-order valence-corrected chi connectivity index (χ2v) is 10.0. The zero-order chi connectivity index (χ0) is 20.1. The summed E-state index contributed by atoms with van der Waals surface area (Å²) in [6.45, 7) is 2.39. The average Bonchev–Trinajstić information content (AvgIpc) is 3.21. The maximum atomic E-state index is 13.3. The Morgan fingerprint density at radius 2 is 2.25 bits per heavy atom. The molecule has 0 radical (unpaired) electrons. The van der Waals surface area contributed by atoms with Crippen molar-refractivity contribution in [1.29, 1.82) is 0 Å². The molecule has 1 aromatic heterocycles. The highest BCUT2D eigenvalue weighted by Gasteiger charge is 2.38. The van der Waals surface area contributed by atoms with Crippen LogP contribution in [0.4, 0.5) is 9.52 Å². The van der Waals surface area contributed by atoms with Crippen LogP contribution in [0.15, 0.2) is 30.5 Å². The Labute approximate surface area is 168 Å². The number of hydrogen-bond donors (Lipinski definition) is 1. The van der Waals surface area contributed by atoms with Crippen LogP contribution in [0.3, 0.4) is 0 Å². The normalized spacial score (nSPS) is 17.5. The summed E-state index contributed by atoms with van der Waals surface area (Å²) in [5.41, 5.74) is 0.825. The summed E-state index contributed by atoms with van der Waals surface area (Å²) in [4.78, 5) is 17.9. The number of halogens is 1. The number of sulfonamides is 1. The van der Waals surface area contributed by atoms with Crippen molar-refractivity contribution < 1.29 is 17.6 Å².